The summed E-state index contributed by atoms with van der Waals surface area (Å²) >= 11 is 0. The predicted octanol–water partition coefficient (Wildman–Crippen LogP) is 1.71. The number of rotatable bonds is 5. The van der Waals surface area contributed by atoms with Crippen LogP contribution in [-0.4, -0.2) is 18.4 Å². The maximum absolute atomic E-state index is 12.7. The smallest absolute Gasteiger partial charge is 0.276 e. The molecule has 1 aromatic rings. The third-order valence-electron chi connectivity index (χ3n) is 3.08. The molecule has 0 fully saturated rings. The Balaban J connectivity index is 1.63. The molecular weight excluding hydrogens is 275 g/mol. The average Bonchev–Trinajstić information content (AvgIpc) is 2.97. The van der Waals surface area contributed by atoms with Crippen molar-refractivity contribution in [2.24, 2.45) is 5.92 Å². The molecule has 0 bridgehead atoms. The molecule has 1 aliphatic carbocycles. The molecule has 1 aromatic carbocycles. The Morgan fingerprint density at radius 2 is 1.90 bits per heavy atom. The van der Waals surface area contributed by atoms with Gasteiger partial charge in [-0.05, 0) is 43.0 Å². The number of carbonyl (C=O) groups is 2. The van der Waals surface area contributed by atoms with E-state index in [2.05, 4.69) is 10.9 Å². The van der Waals surface area contributed by atoms with Crippen LogP contribution in [0.2, 0.25) is 0 Å². The van der Waals surface area contributed by atoms with Crippen LogP contribution in [0.4, 0.5) is 4.39 Å². The molecule has 0 aliphatic heterocycles. The van der Waals surface area contributed by atoms with Crippen molar-refractivity contribution in [2.75, 3.05) is 6.61 Å². The minimum absolute atomic E-state index is 0.235. The van der Waals surface area contributed by atoms with Gasteiger partial charge in [0.25, 0.3) is 5.91 Å². The van der Waals surface area contributed by atoms with Crippen LogP contribution in [0.15, 0.2) is 36.4 Å². The SMILES string of the molecule is O=C(COc1ccc(F)cc1)NNC(=O)C[C@@H]1C=CCC1. The van der Waals surface area contributed by atoms with E-state index in [1.807, 2.05) is 12.2 Å². The minimum Gasteiger partial charge on any atom is -0.484 e. The molecule has 2 rings (SSSR count). The fourth-order valence-electron chi connectivity index (χ4n) is 2.01. The van der Waals surface area contributed by atoms with E-state index < -0.39 is 5.91 Å². The van der Waals surface area contributed by atoms with Crippen LogP contribution >= 0.6 is 0 Å². The standard InChI is InChI=1S/C15H17FN2O3/c16-12-5-7-13(8-6-12)21-10-15(20)18-17-14(19)9-11-3-1-2-4-11/h1,3,5-8,11H,2,4,9-10H2,(H,17,19)(H,18,20)/t11-/m1/s1. The lowest BCUT2D eigenvalue weighted by atomic mass is 10.1. The van der Waals surface area contributed by atoms with Crippen molar-refractivity contribution < 1.29 is 18.7 Å². The number of hydrazine groups is 1. The van der Waals surface area contributed by atoms with Crippen LogP contribution in [0.5, 0.6) is 5.75 Å². The van der Waals surface area contributed by atoms with Gasteiger partial charge >= 0.3 is 0 Å². The van der Waals surface area contributed by atoms with Crippen molar-refractivity contribution in [3.05, 3.63) is 42.2 Å². The number of allylic oxidation sites excluding steroid dienone is 2. The first-order valence-corrected chi connectivity index (χ1v) is 6.76. The Bertz CT molecular complexity index is 528. The molecule has 1 atom stereocenters. The fourth-order valence-corrected chi connectivity index (χ4v) is 2.01. The van der Waals surface area contributed by atoms with Crippen molar-refractivity contribution in [1.82, 2.24) is 10.9 Å². The van der Waals surface area contributed by atoms with Gasteiger partial charge in [-0.25, -0.2) is 4.39 Å². The third-order valence-corrected chi connectivity index (χ3v) is 3.08. The van der Waals surface area contributed by atoms with Crippen molar-refractivity contribution >= 4 is 11.8 Å². The van der Waals surface area contributed by atoms with Gasteiger partial charge in [-0.2, -0.15) is 0 Å². The highest BCUT2D eigenvalue weighted by Crippen LogP contribution is 2.19. The summed E-state index contributed by atoms with van der Waals surface area (Å²) in [6, 6.07) is 5.33. The number of amides is 2. The second-order valence-corrected chi connectivity index (χ2v) is 4.81. The van der Waals surface area contributed by atoms with E-state index in [9.17, 15) is 14.0 Å². The van der Waals surface area contributed by atoms with E-state index in [-0.39, 0.29) is 24.2 Å². The zero-order valence-electron chi connectivity index (χ0n) is 11.5. The van der Waals surface area contributed by atoms with E-state index in [1.165, 1.54) is 24.3 Å². The second kappa shape index (κ2) is 7.42. The van der Waals surface area contributed by atoms with E-state index in [4.69, 9.17) is 4.74 Å². The molecule has 2 amide bonds. The van der Waals surface area contributed by atoms with Crippen molar-refractivity contribution in [2.45, 2.75) is 19.3 Å². The van der Waals surface area contributed by atoms with Crippen LogP contribution in [0.1, 0.15) is 19.3 Å². The van der Waals surface area contributed by atoms with E-state index in [1.54, 1.807) is 0 Å². The monoisotopic (exact) mass is 292 g/mol. The summed E-state index contributed by atoms with van der Waals surface area (Å²) in [7, 11) is 0. The zero-order chi connectivity index (χ0) is 15.1. The zero-order valence-corrected chi connectivity index (χ0v) is 11.5. The normalized spacial score (nSPS) is 16.5. The first-order valence-electron chi connectivity index (χ1n) is 6.76. The average molecular weight is 292 g/mol. The lowest BCUT2D eigenvalue weighted by Crippen LogP contribution is -2.44. The summed E-state index contributed by atoms with van der Waals surface area (Å²) in [5.74, 6) is -0.456. The quantitative estimate of drug-likeness (QED) is 0.641. The molecule has 112 valence electrons. The highest BCUT2D eigenvalue weighted by atomic mass is 19.1. The molecule has 1 aliphatic rings. The maximum atomic E-state index is 12.7. The van der Waals surface area contributed by atoms with Gasteiger partial charge in [0.05, 0.1) is 0 Å². The van der Waals surface area contributed by atoms with Gasteiger partial charge in [-0.15, -0.1) is 0 Å². The number of hydrogen-bond acceptors (Lipinski definition) is 3. The van der Waals surface area contributed by atoms with Crippen molar-refractivity contribution in [3.8, 4) is 5.75 Å². The summed E-state index contributed by atoms with van der Waals surface area (Å²) in [4.78, 5) is 23.1. The fraction of sp³-hybridized carbons (Fsp3) is 0.333. The van der Waals surface area contributed by atoms with E-state index in [0.29, 0.717) is 12.2 Å². The molecule has 0 saturated heterocycles. The molecule has 0 aromatic heterocycles. The molecule has 0 unspecified atom stereocenters. The molecule has 21 heavy (non-hydrogen) atoms. The lowest BCUT2D eigenvalue weighted by molar-refractivity contribution is -0.130. The molecule has 2 N–H and O–H groups in total. The Morgan fingerprint density at radius 3 is 2.57 bits per heavy atom. The molecule has 5 nitrogen and oxygen atoms in total. The van der Waals surface area contributed by atoms with Crippen molar-refractivity contribution in [3.63, 3.8) is 0 Å². The Hall–Kier alpha value is -2.37. The van der Waals surface area contributed by atoms with E-state index >= 15 is 0 Å². The Kier molecular flexibility index (Phi) is 5.31. The number of ether oxygens (including phenoxy) is 1. The number of nitrogens with one attached hydrogen (secondary N) is 2. The predicted molar refractivity (Wildman–Crippen MR) is 74.7 cm³/mol. The summed E-state index contributed by atoms with van der Waals surface area (Å²) in [6.07, 6.45) is 6.38. The molecule has 6 heteroatoms. The molecule has 0 spiro atoms. The van der Waals surface area contributed by atoms with Crippen LogP contribution < -0.4 is 15.6 Å². The Labute approximate surface area is 122 Å². The molecule has 0 heterocycles. The maximum Gasteiger partial charge on any atom is 0.276 e. The number of benzene rings is 1. The molecule has 0 saturated carbocycles. The first kappa shape index (κ1) is 15.0. The topological polar surface area (TPSA) is 67.4 Å². The lowest BCUT2D eigenvalue weighted by Gasteiger charge is -2.10. The van der Waals surface area contributed by atoms with Gasteiger partial charge < -0.3 is 4.74 Å². The first-order chi connectivity index (χ1) is 10.1. The highest BCUT2D eigenvalue weighted by Gasteiger charge is 2.14. The summed E-state index contributed by atoms with van der Waals surface area (Å²) in [6.45, 7) is -0.255. The van der Waals surface area contributed by atoms with Gasteiger partial charge in [0.1, 0.15) is 11.6 Å². The largest absolute Gasteiger partial charge is 0.484 e. The van der Waals surface area contributed by atoms with Crippen molar-refractivity contribution in [1.29, 1.82) is 0 Å². The Morgan fingerprint density at radius 1 is 1.19 bits per heavy atom. The van der Waals surface area contributed by atoms with Crippen LogP contribution in [0.3, 0.4) is 0 Å². The minimum atomic E-state index is -0.477. The van der Waals surface area contributed by atoms with E-state index in [0.717, 1.165) is 12.8 Å². The summed E-state index contributed by atoms with van der Waals surface area (Å²) in [5, 5.41) is 0. The van der Waals surface area contributed by atoms with Gasteiger partial charge in [0.2, 0.25) is 5.91 Å². The summed E-state index contributed by atoms with van der Waals surface area (Å²) < 4.78 is 17.8. The highest BCUT2D eigenvalue weighted by molar-refractivity contribution is 5.82. The molecule has 0 radical (unpaired) electrons. The van der Waals surface area contributed by atoms with Gasteiger partial charge in [-0.3, -0.25) is 20.4 Å². The van der Waals surface area contributed by atoms with Gasteiger partial charge in [-0.1, -0.05) is 12.2 Å². The second-order valence-electron chi connectivity index (χ2n) is 4.81. The van der Waals surface area contributed by atoms with Gasteiger partial charge in [0, 0.05) is 6.42 Å². The van der Waals surface area contributed by atoms with Gasteiger partial charge in [0.15, 0.2) is 6.61 Å². The third kappa shape index (κ3) is 5.25. The number of carbonyl (C=O) groups excluding carboxylic acids is 2. The molecular formula is C15H17FN2O3. The van der Waals surface area contributed by atoms with Crippen LogP contribution in [0, 0.1) is 11.7 Å². The van der Waals surface area contributed by atoms with Crippen LogP contribution in [-0.2, 0) is 9.59 Å². The van der Waals surface area contributed by atoms with Crippen LogP contribution in [0.25, 0.3) is 0 Å². The summed E-state index contributed by atoms with van der Waals surface area (Å²) in [5.41, 5.74) is 4.62. The number of halogens is 1. The number of hydrogen-bond donors (Lipinski definition) is 2.